The Morgan fingerprint density at radius 2 is 1.09 bits per heavy atom. The molecule has 0 spiro atoms. The number of hydrogen-bond donors (Lipinski definition) is 4. The molecule has 0 unspecified atom stereocenters. The molecule has 0 aliphatic carbocycles. The highest BCUT2D eigenvalue weighted by molar-refractivity contribution is 6.03. The zero-order valence-electron chi connectivity index (χ0n) is 37.8. The highest BCUT2D eigenvalue weighted by atomic mass is 16.5. The number of nitriles is 2. The Bertz CT molecular complexity index is 3250. The second-order valence-corrected chi connectivity index (χ2v) is 15.6. The molecule has 68 heavy (non-hydrogen) atoms. The number of ether oxygens (including phenoxy) is 4. The molecule has 0 bridgehead atoms. The largest absolute Gasteiger partial charge is 0.492 e. The van der Waals surface area contributed by atoms with Gasteiger partial charge in [-0.05, 0) is 90.7 Å². The van der Waals surface area contributed by atoms with Gasteiger partial charge < -0.3 is 40.2 Å². The molecule has 8 rings (SSSR count). The normalized spacial score (nSPS) is 10.7. The minimum atomic E-state index is -0.247. The van der Waals surface area contributed by atoms with E-state index in [4.69, 9.17) is 18.9 Å². The first kappa shape index (κ1) is 45.4. The van der Waals surface area contributed by atoms with Crippen molar-refractivity contribution in [1.82, 2.24) is 9.97 Å². The molecule has 0 fully saturated rings. The molecule has 0 aliphatic heterocycles. The number of aromatic nitrogens is 2. The van der Waals surface area contributed by atoms with Gasteiger partial charge in [-0.2, -0.15) is 10.5 Å². The van der Waals surface area contributed by atoms with Crippen LogP contribution in [0.2, 0.25) is 0 Å². The first-order valence-electron chi connectivity index (χ1n) is 21.8. The van der Waals surface area contributed by atoms with Crippen LogP contribution < -0.4 is 40.2 Å². The smallest absolute Gasteiger partial charge is 0.221 e. The molecule has 6 aromatic carbocycles. The molecule has 0 saturated carbocycles. The summed E-state index contributed by atoms with van der Waals surface area (Å²) in [4.78, 5) is 32.9. The summed E-state index contributed by atoms with van der Waals surface area (Å²) in [6, 6.07) is 42.8. The van der Waals surface area contributed by atoms with E-state index < -0.39 is 0 Å². The van der Waals surface area contributed by atoms with Gasteiger partial charge in [0, 0.05) is 66.6 Å². The monoisotopic (exact) mass is 902 g/mol. The fourth-order valence-electron chi connectivity index (χ4n) is 7.56. The van der Waals surface area contributed by atoms with E-state index in [1.54, 1.807) is 24.3 Å². The molecule has 2 amide bonds. The fourth-order valence-corrected chi connectivity index (χ4v) is 7.56. The maximum Gasteiger partial charge on any atom is 0.221 e. The third kappa shape index (κ3) is 10.7. The summed E-state index contributed by atoms with van der Waals surface area (Å²) in [6.07, 6.45) is 3.03. The lowest BCUT2D eigenvalue weighted by molar-refractivity contribution is -0.115. The predicted octanol–water partition coefficient (Wildman–Crippen LogP) is 11.6. The minimum absolute atomic E-state index is 0.243. The van der Waals surface area contributed by atoms with Gasteiger partial charge in [0.05, 0.1) is 58.1 Å². The maximum atomic E-state index is 12.0. The van der Waals surface area contributed by atoms with Crippen LogP contribution >= 0.6 is 0 Å². The predicted molar refractivity (Wildman–Crippen MR) is 264 cm³/mol. The van der Waals surface area contributed by atoms with Crippen LogP contribution in [0.4, 0.5) is 34.1 Å². The van der Waals surface area contributed by atoms with Crippen molar-refractivity contribution >= 4 is 67.7 Å². The molecule has 0 aliphatic rings. The lowest BCUT2D eigenvalue weighted by Crippen LogP contribution is -2.08. The molecule has 0 atom stereocenters. The SMILES string of the molecule is CCOc1cc2ncc(C#N)c(Nc3ccc(OCc4ccc(-c5cccc(COc6cccc(Nc7c(C#N)cnc8cc(OCC)c(NC(C)=O)cc78)c6)c5)cc4)cc3)c2cc1NC(C)=O. The number of hydrogen-bond acceptors (Lipinski definition) is 12. The molecule has 4 N–H and O–H groups in total. The molecule has 14 heteroatoms. The fraction of sp³-hybridized carbons (Fsp3) is 0.148. The van der Waals surface area contributed by atoms with E-state index >= 15 is 0 Å². The Hall–Kier alpha value is -9.14. The van der Waals surface area contributed by atoms with Crippen molar-refractivity contribution in [3.8, 4) is 46.3 Å². The van der Waals surface area contributed by atoms with E-state index in [2.05, 4.69) is 67.6 Å². The quantitative estimate of drug-likeness (QED) is 0.0677. The van der Waals surface area contributed by atoms with Crippen molar-refractivity contribution in [3.05, 3.63) is 156 Å². The summed E-state index contributed by atoms with van der Waals surface area (Å²) in [5.41, 5.74) is 9.49. The average molecular weight is 903 g/mol. The second-order valence-electron chi connectivity index (χ2n) is 15.6. The number of amides is 2. The Labute approximate surface area is 393 Å². The Morgan fingerprint density at radius 1 is 0.544 bits per heavy atom. The highest BCUT2D eigenvalue weighted by Crippen LogP contribution is 2.38. The number of carbonyl (C=O) groups excluding carboxylic acids is 2. The lowest BCUT2D eigenvalue weighted by Gasteiger charge is -2.16. The number of pyridine rings is 2. The van der Waals surface area contributed by atoms with Crippen LogP contribution in [0.5, 0.6) is 23.0 Å². The molecule has 0 radical (unpaired) electrons. The lowest BCUT2D eigenvalue weighted by atomic mass is 10.0. The summed E-state index contributed by atoms with van der Waals surface area (Å²) in [7, 11) is 0. The van der Waals surface area contributed by atoms with Crippen LogP contribution in [-0.4, -0.2) is 35.0 Å². The van der Waals surface area contributed by atoms with Crippen molar-refractivity contribution in [3.63, 3.8) is 0 Å². The van der Waals surface area contributed by atoms with Gasteiger partial charge in [-0.25, -0.2) is 0 Å². The third-order valence-corrected chi connectivity index (χ3v) is 10.7. The molecule has 14 nitrogen and oxygen atoms in total. The topological polar surface area (TPSA) is 193 Å². The third-order valence-electron chi connectivity index (χ3n) is 10.7. The number of fused-ring (bicyclic) bond motifs is 2. The molecular formula is C54H46N8O6. The Morgan fingerprint density at radius 3 is 1.65 bits per heavy atom. The number of nitrogens with zero attached hydrogens (tertiary/aromatic N) is 4. The van der Waals surface area contributed by atoms with E-state index in [1.807, 2.05) is 86.6 Å². The summed E-state index contributed by atoms with van der Waals surface area (Å²) >= 11 is 0. The van der Waals surface area contributed by atoms with E-state index in [9.17, 15) is 20.1 Å². The first-order valence-corrected chi connectivity index (χ1v) is 21.8. The highest BCUT2D eigenvalue weighted by Gasteiger charge is 2.17. The molecular weight excluding hydrogens is 857 g/mol. The van der Waals surface area contributed by atoms with Gasteiger partial charge in [0.25, 0.3) is 0 Å². The average Bonchev–Trinajstić information content (AvgIpc) is 3.34. The molecule has 2 heterocycles. The van der Waals surface area contributed by atoms with Gasteiger partial charge in [-0.3, -0.25) is 19.6 Å². The molecule has 8 aromatic rings. The number of anilines is 6. The minimum Gasteiger partial charge on any atom is -0.492 e. The van der Waals surface area contributed by atoms with Crippen molar-refractivity contribution in [2.24, 2.45) is 0 Å². The first-order chi connectivity index (χ1) is 33.1. The summed E-state index contributed by atoms with van der Waals surface area (Å²) in [5.74, 6) is 1.80. The van der Waals surface area contributed by atoms with Gasteiger partial charge in [0.15, 0.2) is 0 Å². The van der Waals surface area contributed by atoms with Crippen LogP contribution in [0.3, 0.4) is 0 Å². The maximum absolute atomic E-state index is 12.0. The van der Waals surface area contributed by atoms with Crippen LogP contribution in [-0.2, 0) is 22.8 Å². The zero-order chi connectivity index (χ0) is 47.6. The van der Waals surface area contributed by atoms with Crippen molar-refractivity contribution < 1.29 is 28.5 Å². The zero-order valence-corrected chi connectivity index (χ0v) is 37.8. The van der Waals surface area contributed by atoms with Gasteiger partial charge in [0.1, 0.15) is 48.4 Å². The Kier molecular flexibility index (Phi) is 13.9. The van der Waals surface area contributed by atoms with Crippen LogP contribution in [0.1, 0.15) is 49.9 Å². The van der Waals surface area contributed by atoms with Gasteiger partial charge in [-0.1, -0.05) is 48.5 Å². The number of nitrogens with one attached hydrogen (secondary N) is 4. The van der Waals surface area contributed by atoms with Crippen molar-refractivity contribution in [2.75, 3.05) is 34.5 Å². The van der Waals surface area contributed by atoms with Crippen molar-refractivity contribution in [2.45, 2.75) is 40.9 Å². The van der Waals surface area contributed by atoms with E-state index in [0.29, 0.717) is 111 Å². The summed E-state index contributed by atoms with van der Waals surface area (Å²) in [6.45, 7) is 8.08. The molecule has 2 aromatic heterocycles. The summed E-state index contributed by atoms with van der Waals surface area (Å²) < 4.78 is 23.9. The number of carbonyl (C=O) groups is 2. The van der Waals surface area contributed by atoms with Gasteiger partial charge in [0.2, 0.25) is 11.8 Å². The second kappa shape index (κ2) is 20.8. The van der Waals surface area contributed by atoms with Crippen LogP contribution in [0.15, 0.2) is 134 Å². The van der Waals surface area contributed by atoms with Crippen LogP contribution in [0.25, 0.3) is 32.9 Å². The van der Waals surface area contributed by atoms with E-state index in [1.165, 1.54) is 26.2 Å². The van der Waals surface area contributed by atoms with Crippen LogP contribution in [0, 0.1) is 22.7 Å². The Balaban J connectivity index is 0.895. The molecule has 0 saturated heterocycles. The standard InChI is InChI=1S/C54H46N8O6/c1-5-65-51-25-47-45(23-49(51)59-33(3)63)53(39(27-55)29-57-47)61-41-17-19-43(20-18-41)67-31-35-13-15-37(16-14-35)38-10-7-9-36(21-38)32-68-44-12-8-11-42(22-44)62-54-40(28-56)30-58-48-26-52(66-6-2)50(24-46(48)54)60-34(4)64/h7-26,29-30H,5-6,31-32H2,1-4H3,(H,57,61)(H,58,62)(H,59,63)(H,60,64). The number of rotatable bonds is 17. The van der Waals surface area contributed by atoms with Gasteiger partial charge in [-0.15, -0.1) is 0 Å². The summed E-state index contributed by atoms with van der Waals surface area (Å²) in [5, 5.41) is 33.6. The van der Waals surface area contributed by atoms with E-state index in [-0.39, 0.29) is 11.8 Å². The number of benzene rings is 6. The van der Waals surface area contributed by atoms with E-state index in [0.717, 1.165) is 27.9 Å². The van der Waals surface area contributed by atoms with Crippen molar-refractivity contribution in [1.29, 1.82) is 10.5 Å². The molecule has 338 valence electrons. The van der Waals surface area contributed by atoms with Gasteiger partial charge >= 0.3 is 0 Å².